The molecule has 16 heteroatoms. The van der Waals surface area contributed by atoms with Crippen molar-refractivity contribution in [1.29, 1.82) is 0 Å². The lowest BCUT2D eigenvalue weighted by Gasteiger charge is -2.27. The van der Waals surface area contributed by atoms with E-state index in [4.69, 9.17) is 10.5 Å². The molecule has 304 valence electrons. The van der Waals surface area contributed by atoms with Crippen LogP contribution in [-0.4, -0.2) is 49.1 Å². The molecule has 4 amide bonds. The van der Waals surface area contributed by atoms with Crippen molar-refractivity contribution in [2.75, 3.05) is 10.6 Å². The third-order valence-electron chi connectivity index (χ3n) is 11.4. The zero-order valence-corrected chi connectivity index (χ0v) is 35.1. The van der Waals surface area contributed by atoms with Crippen LogP contribution in [0.15, 0.2) is 85.1 Å². The molecule has 14 nitrogen and oxygen atoms in total. The van der Waals surface area contributed by atoms with E-state index < -0.39 is 34.2 Å². The minimum atomic E-state index is -1.32. The van der Waals surface area contributed by atoms with Crippen LogP contribution in [0.1, 0.15) is 85.0 Å². The van der Waals surface area contributed by atoms with Gasteiger partial charge in [0, 0.05) is 12.1 Å². The minimum absolute atomic E-state index is 0.101. The van der Waals surface area contributed by atoms with Crippen molar-refractivity contribution in [2.24, 2.45) is 0 Å². The van der Waals surface area contributed by atoms with Crippen LogP contribution >= 0.6 is 22.6 Å². The summed E-state index contributed by atoms with van der Waals surface area (Å²) in [6.45, 7) is 7.08. The van der Waals surface area contributed by atoms with E-state index in [1.807, 2.05) is 65.1 Å². The first-order chi connectivity index (χ1) is 28.0. The zero-order chi connectivity index (χ0) is 41.9. The molecule has 3 aliphatic rings. The quantitative estimate of drug-likeness (QED) is 0.0839. The van der Waals surface area contributed by atoms with Gasteiger partial charge in [-0.1, -0.05) is 42.5 Å². The Balaban J connectivity index is 0.988. The third-order valence-corrected chi connectivity index (χ3v) is 12.2. The fraction of sp³-hybridized carbons (Fsp3) is 0.326. The number of hydrogen-bond donors (Lipinski definition) is 4. The summed E-state index contributed by atoms with van der Waals surface area (Å²) in [7, 11) is 0. The number of fused-ring (bicyclic) bond motifs is 1. The molecular formula is C43H43FIN9O5. The second-order valence-electron chi connectivity index (χ2n) is 16.4. The maximum absolute atomic E-state index is 14.7. The molecule has 2 saturated carbocycles. The van der Waals surface area contributed by atoms with Gasteiger partial charge >= 0.3 is 6.09 Å². The number of aromatic nitrogens is 4. The molecule has 1 aliphatic heterocycles. The Morgan fingerprint density at radius 2 is 1.66 bits per heavy atom. The lowest BCUT2D eigenvalue weighted by molar-refractivity contribution is -0.125. The summed E-state index contributed by atoms with van der Waals surface area (Å²) in [5.74, 6) is -1.44. The molecule has 0 unspecified atom stereocenters. The van der Waals surface area contributed by atoms with Gasteiger partial charge < -0.3 is 26.4 Å². The first-order valence-corrected chi connectivity index (χ1v) is 20.3. The average Bonchev–Trinajstić information content (AvgIpc) is 4.12. The monoisotopic (exact) mass is 911 g/mol. The number of ether oxygens (including phenoxy) is 1. The Kier molecular flexibility index (Phi) is 9.96. The van der Waals surface area contributed by atoms with E-state index in [1.54, 1.807) is 68.7 Å². The molecule has 2 fully saturated rings. The molecule has 5 N–H and O–H groups in total. The van der Waals surface area contributed by atoms with E-state index in [0.29, 0.717) is 57.6 Å². The number of carbonyl (C=O) groups is 4. The minimum Gasteiger partial charge on any atom is -0.445 e. The van der Waals surface area contributed by atoms with E-state index in [1.165, 1.54) is 11.1 Å². The number of nitrogens with two attached hydrogens (primary N) is 1. The summed E-state index contributed by atoms with van der Waals surface area (Å²) in [5, 5.41) is 17.8. The second-order valence-corrected chi connectivity index (χ2v) is 17.5. The first kappa shape index (κ1) is 39.9. The van der Waals surface area contributed by atoms with Crippen LogP contribution in [0.5, 0.6) is 0 Å². The van der Waals surface area contributed by atoms with Crippen LogP contribution in [-0.2, 0) is 44.0 Å². The number of benzene rings is 3. The fourth-order valence-corrected chi connectivity index (χ4v) is 8.30. The summed E-state index contributed by atoms with van der Waals surface area (Å²) in [4.78, 5) is 61.4. The molecule has 0 spiro atoms. The van der Waals surface area contributed by atoms with Gasteiger partial charge in [0.25, 0.3) is 11.8 Å². The molecule has 59 heavy (non-hydrogen) atoms. The number of nitrogens with zero attached hydrogens (tertiary/aromatic N) is 5. The number of imidazole rings is 1. The lowest BCUT2D eigenvalue weighted by atomic mass is 9.91. The molecule has 2 aliphatic carbocycles. The third kappa shape index (κ3) is 7.49. The van der Waals surface area contributed by atoms with Crippen LogP contribution in [0.4, 0.5) is 26.5 Å². The van der Waals surface area contributed by atoms with Crippen molar-refractivity contribution in [3.63, 3.8) is 0 Å². The highest BCUT2D eigenvalue weighted by atomic mass is 127. The zero-order valence-electron chi connectivity index (χ0n) is 32.9. The molecule has 2 aromatic heterocycles. The smallest absolute Gasteiger partial charge is 0.408 e. The second kappa shape index (κ2) is 14.7. The van der Waals surface area contributed by atoms with Gasteiger partial charge in [0.2, 0.25) is 11.9 Å². The van der Waals surface area contributed by atoms with Crippen LogP contribution in [0.3, 0.4) is 0 Å². The van der Waals surface area contributed by atoms with Gasteiger partial charge in [0.1, 0.15) is 29.2 Å². The number of halogens is 2. The normalized spacial score (nSPS) is 18.5. The highest BCUT2D eigenvalue weighted by molar-refractivity contribution is 14.1. The predicted molar refractivity (Wildman–Crippen MR) is 225 cm³/mol. The van der Waals surface area contributed by atoms with Gasteiger partial charge in [-0.25, -0.2) is 19.1 Å². The molecule has 5 aromatic rings. The highest BCUT2D eigenvalue weighted by Crippen LogP contribution is 2.47. The van der Waals surface area contributed by atoms with E-state index in [-0.39, 0.29) is 42.3 Å². The molecule has 0 bridgehead atoms. The Hall–Kier alpha value is -5.91. The summed E-state index contributed by atoms with van der Waals surface area (Å²) >= 11 is 1.89. The maximum atomic E-state index is 14.7. The summed E-state index contributed by atoms with van der Waals surface area (Å²) < 4.78 is 22.1. The van der Waals surface area contributed by atoms with E-state index in [2.05, 4.69) is 31.1 Å². The van der Waals surface area contributed by atoms with Crippen molar-refractivity contribution in [2.45, 2.75) is 88.6 Å². The van der Waals surface area contributed by atoms with Crippen molar-refractivity contribution < 1.29 is 28.3 Å². The lowest BCUT2D eigenvalue weighted by Crippen LogP contribution is -2.52. The average molecular weight is 912 g/mol. The molecule has 1 atom stereocenters. The number of hydrogen-bond acceptors (Lipinski definition) is 9. The van der Waals surface area contributed by atoms with Crippen molar-refractivity contribution in [1.82, 2.24) is 35.7 Å². The molecule has 0 saturated heterocycles. The van der Waals surface area contributed by atoms with Gasteiger partial charge in [-0.2, -0.15) is 10.2 Å². The molecule has 8 rings (SSSR count). The largest absolute Gasteiger partial charge is 0.445 e. The summed E-state index contributed by atoms with van der Waals surface area (Å²) in [6.07, 6.45) is 3.08. The van der Waals surface area contributed by atoms with E-state index >= 15 is 0 Å². The SMILES string of the molecule is Cc1cc(N2C(=O)[C@@](C)(Cc3ccc(N)cc3)n3c(C(=O)NC4(C(=O)NC5(c6ccc(C(C)(C)NC(=O)OCc7ccccc7)nn6)CC5)CC4)cnc32)cc(I)c1F. The van der Waals surface area contributed by atoms with Gasteiger partial charge in [0.05, 0.1) is 37.9 Å². The van der Waals surface area contributed by atoms with Gasteiger partial charge in [-0.3, -0.25) is 19.0 Å². The number of rotatable bonds is 12. The number of nitrogen functional groups attached to an aromatic ring is 1. The van der Waals surface area contributed by atoms with Crippen LogP contribution < -0.4 is 26.6 Å². The highest BCUT2D eigenvalue weighted by Gasteiger charge is 2.58. The number of nitrogens with one attached hydrogen (secondary N) is 3. The first-order valence-electron chi connectivity index (χ1n) is 19.3. The number of alkyl carbamates (subject to hydrolysis) is 1. The summed E-state index contributed by atoms with van der Waals surface area (Å²) in [6, 6.07) is 23.2. The van der Waals surface area contributed by atoms with Crippen LogP contribution in [0.2, 0.25) is 0 Å². The molecular weight excluding hydrogens is 868 g/mol. The fourth-order valence-electron chi connectivity index (χ4n) is 7.55. The Morgan fingerprint density at radius 1 is 0.949 bits per heavy atom. The summed E-state index contributed by atoms with van der Waals surface area (Å²) in [5.41, 5.74) is 5.96. The Morgan fingerprint density at radius 3 is 2.29 bits per heavy atom. The number of anilines is 3. The molecule has 0 radical (unpaired) electrons. The van der Waals surface area contributed by atoms with Crippen molar-refractivity contribution in [3.05, 3.63) is 128 Å². The standard InChI is InChI=1S/C43H43FIN9O5/c1-25-20-29(21-30(45)34(25)44)53-37(57)41(4,22-26-10-12-28(46)13-11-26)54-31(23-47-38(53)54)35(55)48-43(18-19-43)36(56)49-42(16-17-42)33-15-14-32(51-52-33)40(2,3)50-39(58)59-24-27-8-6-5-7-9-27/h5-15,20-21,23H,16-19,22,24,46H2,1-4H3,(H,48,55)(H,49,56)(H,50,58)/t41-/m1/s1. The molecule has 3 aromatic carbocycles. The topological polar surface area (TPSA) is 186 Å². The Labute approximate surface area is 353 Å². The van der Waals surface area contributed by atoms with E-state index in [9.17, 15) is 23.6 Å². The molecule has 3 heterocycles. The van der Waals surface area contributed by atoms with Crippen LogP contribution in [0, 0.1) is 16.3 Å². The van der Waals surface area contributed by atoms with Gasteiger partial charge in [0.15, 0.2) is 0 Å². The van der Waals surface area contributed by atoms with Crippen molar-refractivity contribution in [3.8, 4) is 0 Å². The maximum Gasteiger partial charge on any atom is 0.408 e. The number of amides is 4. The predicted octanol–water partition coefficient (Wildman–Crippen LogP) is 6.17. The van der Waals surface area contributed by atoms with E-state index in [0.717, 1.165) is 11.1 Å². The van der Waals surface area contributed by atoms with Crippen molar-refractivity contribution >= 4 is 63.7 Å². The van der Waals surface area contributed by atoms with Crippen LogP contribution in [0.25, 0.3) is 0 Å². The number of aryl methyl sites for hydroxylation is 1. The Bertz CT molecular complexity index is 2460. The van der Waals surface area contributed by atoms with Gasteiger partial charge in [-0.15, -0.1) is 0 Å². The van der Waals surface area contributed by atoms with Gasteiger partial charge in [-0.05, 0) is 129 Å². The number of carbonyl (C=O) groups excluding carboxylic acids is 4.